The van der Waals surface area contributed by atoms with Crippen molar-refractivity contribution in [1.82, 2.24) is 5.32 Å². The minimum Gasteiger partial charge on any atom is -0.481 e. The first-order chi connectivity index (χ1) is 11.5. The van der Waals surface area contributed by atoms with E-state index in [1.54, 1.807) is 23.9 Å². The van der Waals surface area contributed by atoms with Gasteiger partial charge in [-0.25, -0.2) is 0 Å². The van der Waals surface area contributed by atoms with E-state index in [1.807, 2.05) is 42.5 Å². The Hall–Kier alpha value is -2.27. The molecule has 1 unspecified atom stereocenters. The zero-order valence-corrected chi connectivity index (χ0v) is 14.5. The molecule has 0 aliphatic heterocycles. The van der Waals surface area contributed by atoms with Crippen LogP contribution in [0.2, 0.25) is 0 Å². The van der Waals surface area contributed by atoms with Crippen molar-refractivity contribution in [3.63, 3.8) is 0 Å². The van der Waals surface area contributed by atoms with Crippen LogP contribution in [0.3, 0.4) is 0 Å². The summed E-state index contributed by atoms with van der Waals surface area (Å²) in [6.45, 7) is 4.23. The van der Waals surface area contributed by atoms with Crippen LogP contribution in [0.25, 0.3) is 0 Å². The van der Waals surface area contributed by atoms with Crippen molar-refractivity contribution in [1.29, 1.82) is 0 Å². The molecule has 4 nitrogen and oxygen atoms in total. The van der Waals surface area contributed by atoms with Gasteiger partial charge in [-0.1, -0.05) is 44.2 Å². The minimum absolute atomic E-state index is 0.156. The molecule has 2 N–H and O–H groups in total. The van der Waals surface area contributed by atoms with Crippen LogP contribution < -0.4 is 5.32 Å². The average Bonchev–Trinajstić information content (AvgIpc) is 2.54. The summed E-state index contributed by atoms with van der Waals surface area (Å²) in [5.41, 5.74) is 1.30. The van der Waals surface area contributed by atoms with Crippen LogP contribution in [-0.4, -0.2) is 22.2 Å². The van der Waals surface area contributed by atoms with Crippen LogP contribution in [-0.2, 0) is 4.79 Å². The average molecular weight is 343 g/mol. The molecule has 2 aromatic carbocycles. The highest BCUT2D eigenvalue weighted by Gasteiger charge is 2.18. The van der Waals surface area contributed by atoms with E-state index < -0.39 is 12.0 Å². The zero-order valence-electron chi connectivity index (χ0n) is 13.7. The monoisotopic (exact) mass is 343 g/mol. The maximum Gasteiger partial charge on any atom is 0.305 e. The van der Waals surface area contributed by atoms with Gasteiger partial charge in [0.25, 0.3) is 5.91 Å². The maximum atomic E-state index is 12.4. The second kappa shape index (κ2) is 8.55. The summed E-state index contributed by atoms with van der Waals surface area (Å²) in [5.74, 6) is -1.22. The number of amides is 1. The molecule has 5 heteroatoms. The van der Waals surface area contributed by atoms with Gasteiger partial charge < -0.3 is 10.4 Å². The normalized spacial score (nSPS) is 12.0. The molecule has 24 heavy (non-hydrogen) atoms. The number of hydrogen-bond donors (Lipinski definition) is 2. The number of carbonyl (C=O) groups excluding carboxylic acids is 1. The van der Waals surface area contributed by atoms with Crippen molar-refractivity contribution in [2.24, 2.45) is 0 Å². The Bertz CT molecular complexity index is 684. The van der Waals surface area contributed by atoms with Gasteiger partial charge in [-0.2, -0.15) is 0 Å². The fraction of sp³-hybridized carbons (Fsp3) is 0.263. The van der Waals surface area contributed by atoms with Gasteiger partial charge in [-0.05, 0) is 29.8 Å². The third-order valence-corrected chi connectivity index (χ3v) is 4.39. The summed E-state index contributed by atoms with van der Waals surface area (Å²) < 4.78 is 0. The van der Waals surface area contributed by atoms with Crippen molar-refractivity contribution >= 4 is 23.6 Å². The lowest BCUT2D eigenvalue weighted by Crippen LogP contribution is -2.30. The minimum atomic E-state index is -0.951. The third-order valence-electron chi connectivity index (χ3n) is 3.37. The second-order valence-electron chi connectivity index (χ2n) is 5.73. The number of benzene rings is 2. The Labute approximate surface area is 146 Å². The first-order valence-corrected chi connectivity index (χ1v) is 8.68. The highest BCUT2D eigenvalue weighted by molar-refractivity contribution is 7.99. The molecule has 0 spiro atoms. The fourth-order valence-electron chi connectivity index (χ4n) is 2.31. The van der Waals surface area contributed by atoms with Gasteiger partial charge >= 0.3 is 5.97 Å². The van der Waals surface area contributed by atoms with Gasteiger partial charge in [0.05, 0.1) is 12.5 Å². The predicted molar refractivity (Wildman–Crippen MR) is 96.3 cm³/mol. The van der Waals surface area contributed by atoms with Crippen LogP contribution in [0.15, 0.2) is 59.5 Å². The molecule has 0 heterocycles. The molecule has 126 valence electrons. The van der Waals surface area contributed by atoms with Crippen molar-refractivity contribution in [3.05, 3.63) is 65.7 Å². The molecule has 2 rings (SSSR count). The van der Waals surface area contributed by atoms with Crippen molar-refractivity contribution in [2.75, 3.05) is 0 Å². The number of thioether (sulfide) groups is 1. The number of carbonyl (C=O) groups is 2. The number of nitrogens with one attached hydrogen (secondary N) is 1. The zero-order chi connectivity index (χ0) is 17.5. The van der Waals surface area contributed by atoms with E-state index in [4.69, 9.17) is 5.11 Å². The highest BCUT2D eigenvalue weighted by Crippen LogP contribution is 2.23. The smallest absolute Gasteiger partial charge is 0.305 e. The number of rotatable bonds is 7. The number of carboxylic acid groups (broad SMARTS) is 1. The van der Waals surface area contributed by atoms with Crippen LogP contribution in [0.5, 0.6) is 0 Å². The van der Waals surface area contributed by atoms with Gasteiger partial charge in [0.2, 0.25) is 0 Å². The lowest BCUT2D eigenvalue weighted by Gasteiger charge is -2.17. The Morgan fingerprint density at radius 1 is 1.04 bits per heavy atom. The van der Waals surface area contributed by atoms with Gasteiger partial charge in [-0.15, -0.1) is 11.8 Å². The summed E-state index contributed by atoms with van der Waals surface area (Å²) in [5, 5.41) is 12.4. The van der Waals surface area contributed by atoms with E-state index in [9.17, 15) is 9.59 Å². The van der Waals surface area contributed by atoms with E-state index in [1.165, 1.54) is 0 Å². The van der Waals surface area contributed by atoms with Crippen molar-refractivity contribution < 1.29 is 14.7 Å². The van der Waals surface area contributed by atoms with Crippen LogP contribution >= 0.6 is 11.8 Å². The first-order valence-electron chi connectivity index (χ1n) is 7.80. The second-order valence-corrected chi connectivity index (χ2v) is 7.38. The molecule has 0 aromatic heterocycles. The first kappa shape index (κ1) is 18.1. The lowest BCUT2D eigenvalue weighted by molar-refractivity contribution is -0.137. The third kappa shape index (κ3) is 5.42. The summed E-state index contributed by atoms with van der Waals surface area (Å²) in [6.07, 6.45) is -0.156. The molecule has 0 bridgehead atoms. The molecule has 0 saturated heterocycles. The molecule has 0 aliphatic rings. The number of aliphatic carboxylic acids is 1. The Balaban J connectivity index is 2.11. The number of hydrogen-bond acceptors (Lipinski definition) is 3. The van der Waals surface area contributed by atoms with Crippen LogP contribution in [0.1, 0.15) is 42.2 Å². The molecule has 0 radical (unpaired) electrons. The number of carboxylic acids is 1. The summed E-state index contributed by atoms with van der Waals surface area (Å²) >= 11 is 1.73. The highest BCUT2D eigenvalue weighted by atomic mass is 32.2. The van der Waals surface area contributed by atoms with Crippen molar-refractivity contribution in [2.45, 2.75) is 36.5 Å². The van der Waals surface area contributed by atoms with E-state index in [0.29, 0.717) is 10.8 Å². The molecule has 2 aromatic rings. The Morgan fingerprint density at radius 2 is 1.67 bits per heavy atom. The maximum absolute atomic E-state index is 12.4. The van der Waals surface area contributed by atoms with E-state index in [2.05, 4.69) is 19.2 Å². The van der Waals surface area contributed by atoms with Gasteiger partial charge in [0, 0.05) is 15.7 Å². The molecular weight excluding hydrogens is 322 g/mol. The summed E-state index contributed by atoms with van der Waals surface area (Å²) in [7, 11) is 0. The van der Waals surface area contributed by atoms with Crippen LogP contribution in [0.4, 0.5) is 0 Å². The van der Waals surface area contributed by atoms with E-state index in [-0.39, 0.29) is 12.3 Å². The Kier molecular flexibility index (Phi) is 6.44. The molecule has 0 aliphatic carbocycles. The van der Waals surface area contributed by atoms with Gasteiger partial charge in [-0.3, -0.25) is 9.59 Å². The predicted octanol–water partition coefficient (Wildman–Crippen LogP) is 4.13. The molecule has 1 atom stereocenters. The standard InChI is InChI=1S/C19H21NO3S/c1-13(2)24-16-10-8-15(9-11-16)19(23)20-17(12-18(21)22)14-6-4-3-5-7-14/h3-11,13,17H,12H2,1-2H3,(H,20,23)(H,21,22). The molecule has 0 saturated carbocycles. The molecule has 0 fully saturated rings. The SMILES string of the molecule is CC(C)Sc1ccc(C(=O)NC(CC(=O)O)c2ccccc2)cc1. The quantitative estimate of drug-likeness (QED) is 0.742. The van der Waals surface area contributed by atoms with Gasteiger partial charge in [0.1, 0.15) is 0 Å². The summed E-state index contributed by atoms with van der Waals surface area (Å²) in [6, 6.07) is 15.9. The van der Waals surface area contributed by atoms with E-state index in [0.717, 1.165) is 10.5 Å². The fourth-order valence-corrected chi connectivity index (χ4v) is 3.15. The summed E-state index contributed by atoms with van der Waals surface area (Å²) in [4.78, 5) is 24.6. The van der Waals surface area contributed by atoms with E-state index >= 15 is 0 Å². The molecular formula is C19H21NO3S. The topological polar surface area (TPSA) is 66.4 Å². The largest absolute Gasteiger partial charge is 0.481 e. The van der Waals surface area contributed by atoms with Crippen LogP contribution in [0, 0.1) is 0 Å². The Morgan fingerprint density at radius 3 is 2.21 bits per heavy atom. The van der Waals surface area contributed by atoms with Crippen molar-refractivity contribution in [3.8, 4) is 0 Å². The molecule has 1 amide bonds. The lowest BCUT2D eigenvalue weighted by atomic mass is 10.0. The van der Waals surface area contributed by atoms with Gasteiger partial charge in [0.15, 0.2) is 0 Å².